The zero-order valence-corrected chi connectivity index (χ0v) is 10.5. The van der Waals surface area contributed by atoms with Gasteiger partial charge in [-0.3, -0.25) is 0 Å². The van der Waals surface area contributed by atoms with Crippen LogP contribution >= 0.6 is 0 Å². The number of rotatable bonds is 6. The Balaban J connectivity index is 4.31. The largest absolute Gasteiger partial charge is 0.480 e. The first-order chi connectivity index (χ1) is 7.43. The average molecular weight is 230 g/mol. The molecule has 94 valence electrons. The van der Waals surface area contributed by atoms with Gasteiger partial charge in [-0.05, 0) is 19.8 Å². The van der Waals surface area contributed by atoms with E-state index in [9.17, 15) is 9.59 Å². The van der Waals surface area contributed by atoms with E-state index in [1.54, 1.807) is 6.92 Å². The Hall–Kier alpha value is -1.26. The second-order valence-corrected chi connectivity index (χ2v) is 4.01. The number of carboxylic acids is 1. The van der Waals surface area contributed by atoms with Crippen LogP contribution in [0.4, 0.5) is 4.79 Å². The molecule has 0 aliphatic heterocycles. The van der Waals surface area contributed by atoms with Gasteiger partial charge in [-0.25, -0.2) is 9.59 Å². The Morgan fingerprint density at radius 3 is 2.31 bits per heavy atom. The van der Waals surface area contributed by atoms with Gasteiger partial charge in [-0.15, -0.1) is 0 Å². The number of nitrogens with one attached hydrogen (secondary N) is 1. The molecule has 0 spiro atoms. The van der Waals surface area contributed by atoms with Crippen LogP contribution in [-0.2, 0) is 4.79 Å². The molecule has 0 saturated carbocycles. The molecule has 0 aliphatic rings. The molecule has 0 rings (SSSR count). The second-order valence-electron chi connectivity index (χ2n) is 4.01. The van der Waals surface area contributed by atoms with E-state index in [1.807, 2.05) is 13.8 Å². The molecule has 2 unspecified atom stereocenters. The van der Waals surface area contributed by atoms with E-state index in [1.165, 1.54) is 11.9 Å². The quantitative estimate of drug-likeness (QED) is 0.729. The predicted octanol–water partition coefficient (Wildman–Crippen LogP) is 1.68. The van der Waals surface area contributed by atoms with Crippen LogP contribution in [0.1, 0.15) is 40.0 Å². The number of carbonyl (C=O) groups excluding carboxylic acids is 1. The number of nitrogens with zero attached hydrogens (tertiary/aromatic N) is 1. The summed E-state index contributed by atoms with van der Waals surface area (Å²) in [6.07, 6.45) is 2.28. The molecule has 0 heterocycles. The van der Waals surface area contributed by atoms with Crippen molar-refractivity contribution >= 4 is 12.0 Å². The van der Waals surface area contributed by atoms with E-state index in [0.717, 1.165) is 12.8 Å². The zero-order chi connectivity index (χ0) is 12.7. The molecular weight excluding hydrogens is 208 g/mol. The number of hydrogen-bond donors (Lipinski definition) is 2. The zero-order valence-electron chi connectivity index (χ0n) is 10.5. The molecule has 0 fully saturated rings. The van der Waals surface area contributed by atoms with E-state index in [4.69, 9.17) is 5.11 Å². The minimum absolute atomic E-state index is 0.0752. The fourth-order valence-electron chi connectivity index (χ4n) is 1.57. The summed E-state index contributed by atoms with van der Waals surface area (Å²) in [5.41, 5.74) is 0. The first-order valence-electron chi connectivity index (χ1n) is 5.70. The first kappa shape index (κ1) is 14.7. The van der Waals surface area contributed by atoms with Gasteiger partial charge in [-0.1, -0.05) is 20.3 Å². The van der Waals surface area contributed by atoms with Crippen LogP contribution in [0.3, 0.4) is 0 Å². The van der Waals surface area contributed by atoms with E-state index >= 15 is 0 Å². The summed E-state index contributed by atoms with van der Waals surface area (Å²) in [6, 6.07) is -1.00. The summed E-state index contributed by atoms with van der Waals surface area (Å²) < 4.78 is 0. The van der Waals surface area contributed by atoms with Crippen LogP contribution in [0.25, 0.3) is 0 Å². The minimum atomic E-state index is -0.969. The van der Waals surface area contributed by atoms with Crippen molar-refractivity contribution < 1.29 is 14.7 Å². The van der Waals surface area contributed by atoms with Gasteiger partial charge < -0.3 is 15.3 Å². The highest BCUT2D eigenvalue weighted by Gasteiger charge is 2.25. The van der Waals surface area contributed by atoms with Gasteiger partial charge in [0, 0.05) is 13.1 Å². The van der Waals surface area contributed by atoms with Crippen LogP contribution in [0.2, 0.25) is 0 Å². The molecule has 2 atom stereocenters. The molecule has 0 radical (unpaired) electrons. The van der Waals surface area contributed by atoms with Crippen LogP contribution in [0.15, 0.2) is 0 Å². The van der Waals surface area contributed by atoms with Gasteiger partial charge in [0.15, 0.2) is 0 Å². The van der Waals surface area contributed by atoms with E-state index in [-0.39, 0.29) is 12.1 Å². The SMILES string of the molecule is CCCC(C)NC(=O)N(C)C(CC)C(=O)O. The normalized spacial score (nSPS) is 14.0. The Bertz CT molecular complexity index is 243. The summed E-state index contributed by atoms with van der Waals surface area (Å²) in [5.74, 6) is -0.969. The fraction of sp³-hybridized carbons (Fsp3) is 0.818. The Labute approximate surface area is 96.8 Å². The number of carboxylic acid groups (broad SMARTS) is 1. The molecule has 5 heteroatoms. The fourth-order valence-corrected chi connectivity index (χ4v) is 1.57. The van der Waals surface area contributed by atoms with Gasteiger partial charge in [0.25, 0.3) is 0 Å². The van der Waals surface area contributed by atoms with Crippen LogP contribution < -0.4 is 5.32 Å². The maximum absolute atomic E-state index is 11.7. The lowest BCUT2D eigenvalue weighted by atomic mass is 10.2. The summed E-state index contributed by atoms with van der Waals surface area (Å²) in [4.78, 5) is 23.8. The van der Waals surface area contributed by atoms with Gasteiger partial charge in [-0.2, -0.15) is 0 Å². The molecule has 0 saturated heterocycles. The average Bonchev–Trinajstić information content (AvgIpc) is 2.18. The van der Waals surface area contributed by atoms with Crippen molar-refractivity contribution in [2.24, 2.45) is 0 Å². The van der Waals surface area contributed by atoms with Crippen molar-refractivity contribution in [2.45, 2.75) is 52.1 Å². The molecule has 2 N–H and O–H groups in total. The second kappa shape index (κ2) is 7.09. The van der Waals surface area contributed by atoms with E-state index in [2.05, 4.69) is 5.32 Å². The third-order valence-electron chi connectivity index (χ3n) is 2.55. The van der Waals surface area contributed by atoms with Crippen molar-refractivity contribution in [3.05, 3.63) is 0 Å². The molecule has 0 aromatic heterocycles. The van der Waals surface area contributed by atoms with Gasteiger partial charge in [0.2, 0.25) is 0 Å². The molecule has 0 aromatic carbocycles. The van der Waals surface area contributed by atoms with Crippen molar-refractivity contribution in [1.29, 1.82) is 0 Å². The summed E-state index contributed by atoms with van der Waals surface area (Å²) >= 11 is 0. The van der Waals surface area contributed by atoms with E-state index in [0.29, 0.717) is 6.42 Å². The number of likely N-dealkylation sites (N-methyl/N-ethyl adjacent to an activating group) is 1. The topological polar surface area (TPSA) is 69.6 Å². The Morgan fingerprint density at radius 2 is 1.94 bits per heavy atom. The Morgan fingerprint density at radius 1 is 1.38 bits per heavy atom. The highest BCUT2D eigenvalue weighted by atomic mass is 16.4. The lowest BCUT2D eigenvalue weighted by Gasteiger charge is -2.25. The lowest BCUT2D eigenvalue weighted by Crippen LogP contribution is -2.49. The summed E-state index contributed by atoms with van der Waals surface area (Å²) in [5, 5.41) is 11.7. The third-order valence-corrected chi connectivity index (χ3v) is 2.55. The number of hydrogen-bond acceptors (Lipinski definition) is 2. The smallest absolute Gasteiger partial charge is 0.326 e. The monoisotopic (exact) mass is 230 g/mol. The lowest BCUT2D eigenvalue weighted by molar-refractivity contribution is -0.141. The minimum Gasteiger partial charge on any atom is -0.480 e. The summed E-state index contributed by atoms with van der Waals surface area (Å²) in [7, 11) is 1.51. The maximum Gasteiger partial charge on any atom is 0.326 e. The number of amides is 2. The highest BCUT2D eigenvalue weighted by Crippen LogP contribution is 2.03. The van der Waals surface area contributed by atoms with Gasteiger partial charge in [0.05, 0.1) is 0 Å². The molecule has 0 aromatic rings. The molecule has 16 heavy (non-hydrogen) atoms. The number of urea groups is 1. The first-order valence-corrected chi connectivity index (χ1v) is 5.70. The molecule has 0 aliphatic carbocycles. The predicted molar refractivity (Wildman–Crippen MR) is 62.4 cm³/mol. The van der Waals surface area contributed by atoms with Crippen molar-refractivity contribution in [3.63, 3.8) is 0 Å². The van der Waals surface area contributed by atoms with Crippen molar-refractivity contribution in [1.82, 2.24) is 10.2 Å². The summed E-state index contributed by atoms with van der Waals surface area (Å²) in [6.45, 7) is 5.70. The standard InChI is InChI=1S/C11H22N2O3/c1-5-7-8(3)12-11(16)13(4)9(6-2)10(14)15/h8-9H,5-7H2,1-4H3,(H,12,16)(H,14,15). The van der Waals surface area contributed by atoms with Gasteiger partial charge >= 0.3 is 12.0 Å². The van der Waals surface area contributed by atoms with Crippen molar-refractivity contribution in [3.8, 4) is 0 Å². The molecule has 0 bridgehead atoms. The Kier molecular flexibility index (Phi) is 6.53. The molecule has 5 nitrogen and oxygen atoms in total. The number of aliphatic carboxylic acids is 1. The van der Waals surface area contributed by atoms with Crippen LogP contribution in [0, 0.1) is 0 Å². The molecule has 2 amide bonds. The molecular formula is C11H22N2O3. The third kappa shape index (κ3) is 4.51. The highest BCUT2D eigenvalue weighted by molar-refractivity contribution is 5.82. The van der Waals surface area contributed by atoms with Gasteiger partial charge in [0.1, 0.15) is 6.04 Å². The van der Waals surface area contributed by atoms with Crippen LogP contribution in [0.5, 0.6) is 0 Å². The van der Waals surface area contributed by atoms with E-state index < -0.39 is 12.0 Å². The number of carbonyl (C=O) groups is 2. The van der Waals surface area contributed by atoms with Crippen LogP contribution in [-0.4, -0.2) is 41.1 Å². The van der Waals surface area contributed by atoms with Crippen molar-refractivity contribution in [2.75, 3.05) is 7.05 Å². The maximum atomic E-state index is 11.7.